The largest absolute Gasteiger partial charge is 0.375 e. The first-order valence-corrected chi connectivity index (χ1v) is 9.76. The van der Waals surface area contributed by atoms with E-state index in [2.05, 4.69) is 22.4 Å². The average Bonchev–Trinajstić information content (AvgIpc) is 3.16. The fraction of sp³-hybridized carbons (Fsp3) is 0.450. The number of hydrogen-bond donors (Lipinski definition) is 0. The number of carbonyl (C=O) groups is 1. The lowest BCUT2D eigenvalue weighted by atomic mass is 10.0. The van der Waals surface area contributed by atoms with Gasteiger partial charge in [0, 0.05) is 43.4 Å². The van der Waals surface area contributed by atoms with Crippen LogP contribution in [0.5, 0.6) is 0 Å². The molecule has 0 atom stereocenters. The minimum atomic E-state index is 0.0470. The number of methoxy groups -OCH3 is 1. The van der Waals surface area contributed by atoms with E-state index in [0.29, 0.717) is 0 Å². The number of benzene rings is 1. The molecule has 134 valence electrons. The average molecular weight is 359 g/mol. The molecule has 1 aromatic heterocycles. The molecule has 1 fully saturated rings. The van der Waals surface area contributed by atoms with Gasteiger partial charge in [0.1, 0.15) is 6.61 Å². The molecular formula is C20H26N2O2S. The second-order valence-electron chi connectivity index (χ2n) is 6.43. The molecule has 0 N–H and O–H groups in total. The summed E-state index contributed by atoms with van der Waals surface area (Å²) in [5.74, 6) is 0.0470. The summed E-state index contributed by atoms with van der Waals surface area (Å²) < 4.78 is 5.10. The molecular weight excluding hydrogens is 332 g/mol. The van der Waals surface area contributed by atoms with E-state index in [1.807, 2.05) is 46.6 Å². The Morgan fingerprint density at radius 1 is 1.20 bits per heavy atom. The van der Waals surface area contributed by atoms with Crippen molar-refractivity contribution in [1.29, 1.82) is 0 Å². The smallest absolute Gasteiger partial charge is 0.253 e. The molecule has 0 saturated carbocycles. The first kappa shape index (κ1) is 18.1. The molecule has 1 aliphatic rings. The monoisotopic (exact) mass is 358 g/mol. The predicted octanol–water partition coefficient (Wildman–Crippen LogP) is 3.43. The number of anilines is 1. The molecule has 1 saturated heterocycles. The normalized spacial score (nSPS) is 16.0. The number of nitrogens with zero attached hydrogens (tertiary/aromatic N) is 2. The minimum absolute atomic E-state index is 0.0470. The van der Waals surface area contributed by atoms with E-state index >= 15 is 0 Å². The molecule has 2 aromatic rings. The summed E-state index contributed by atoms with van der Waals surface area (Å²) in [5.41, 5.74) is 0.974. The standard InChI is InChI=1S/C20H26N2O2S/c1-24-16-20(23)22(17-6-3-2-4-7-17)18-9-12-21(13-10-18)14-11-19-8-5-15-25-19/h2-8,15,18H,9-14,16H2,1H3. The van der Waals surface area contributed by atoms with E-state index in [0.717, 1.165) is 44.6 Å². The number of piperidine rings is 1. The maximum Gasteiger partial charge on any atom is 0.253 e. The Morgan fingerprint density at radius 2 is 1.96 bits per heavy atom. The van der Waals surface area contributed by atoms with Crippen molar-refractivity contribution in [3.05, 3.63) is 52.7 Å². The van der Waals surface area contributed by atoms with E-state index in [-0.39, 0.29) is 18.6 Å². The highest BCUT2D eigenvalue weighted by Gasteiger charge is 2.28. The Hall–Kier alpha value is -1.69. The molecule has 25 heavy (non-hydrogen) atoms. The van der Waals surface area contributed by atoms with Gasteiger partial charge in [0.15, 0.2) is 0 Å². The number of amides is 1. The Morgan fingerprint density at radius 3 is 2.60 bits per heavy atom. The SMILES string of the molecule is COCC(=O)N(c1ccccc1)C1CCN(CCc2cccs2)CC1. The number of carbonyl (C=O) groups excluding carboxylic acids is 1. The Kier molecular flexibility index (Phi) is 6.62. The number of ether oxygens (including phenoxy) is 1. The molecule has 1 aromatic carbocycles. The summed E-state index contributed by atoms with van der Waals surface area (Å²) in [6.07, 6.45) is 3.14. The van der Waals surface area contributed by atoms with Crippen LogP contribution >= 0.6 is 11.3 Å². The topological polar surface area (TPSA) is 32.8 Å². The zero-order valence-electron chi connectivity index (χ0n) is 14.8. The van der Waals surface area contributed by atoms with Gasteiger partial charge in [0.2, 0.25) is 0 Å². The summed E-state index contributed by atoms with van der Waals surface area (Å²) in [7, 11) is 1.58. The lowest BCUT2D eigenvalue weighted by Crippen LogP contribution is -2.49. The fourth-order valence-corrected chi connectivity index (χ4v) is 4.16. The van der Waals surface area contributed by atoms with Crippen molar-refractivity contribution in [2.45, 2.75) is 25.3 Å². The number of thiophene rings is 1. The third-order valence-corrected chi connectivity index (χ3v) is 5.68. The maximum atomic E-state index is 12.6. The zero-order valence-corrected chi connectivity index (χ0v) is 15.6. The lowest BCUT2D eigenvalue weighted by molar-refractivity contribution is -0.122. The summed E-state index contributed by atoms with van der Waals surface area (Å²) in [5, 5.41) is 2.14. The van der Waals surface area contributed by atoms with E-state index in [9.17, 15) is 4.79 Å². The van der Waals surface area contributed by atoms with Gasteiger partial charge in [-0.15, -0.1) is 11.3 Å². The number of para-hydroxylation sites is 1. The Labute approximate surface area is 154 Å². The van der Waals surface area contributed by atoms with Crippen LogP contribution in [0.3, 0.4) is 0 Å². The van der Waals surface area contributed by atoms with Crippen LogP contribution < -0.4 is 4.90 Å². The van der Waals surface area contributed by atoms with Gasteiger partial charge in [-0.2, -0.15) is 0 Å². The fourth-order valence-electron chi connectivity index (χ4n) is 3.46. The summed E-state index contributed by atoms with van der Waals surface area (Å²) >= 11 is 1.83. The van der Waals surface area contributed by atoms with Crippen molar-refractivity contribution >= 4 is 22.9 Å². The van der Waals surface area contributed by atoms with Gasteiger partial charge in [-0.05, 0) is 42.8 Å². The molecule has 0 bridgehead atoms. The van der Waals surface area contributed by atoms with Gasteiger partial charge in [0.25, 0.3) is 5.91 Å². The molecule has 4 nitrogen and oxygen atoms in total. The first-order valence-electron chi connectivity index (χ1n) is 8.88. The Balaban J connectivity index is 1.59. The molecule has 2 heterocycles. The maximum absolute atomic E-state index is 12.6. The van der Waals surface area contributed by atoms with Crippen molar-refractivity contribution in [2.75, 3.05) is 38.3 Å². The number of rotatable bonds is 7. The van der Waals surface area contributed by atoms with Crippen LogP contribution in [0.4, 0.5) is 5.69 Å². The van der Waals surface area contributed by atoms with Crippen molar-refractivity contribution in [3.8, 4) is 0 Å². The van der Waals surface area contributed by atoms with E-state index in [4.69, 9.17) is 4.74 Å². The molecule has 5 heteroatoms. The number of hydrogen-bond acceptors (Lipinski definition) is 4. The van der Waals surface area contributed by atoms with Crippen LogP contribution in [0, 0.1) is 0 Å². The van der Waals surface area contributed by atoms with E-state index in [1.165, 1.54) is 4.88 Å². The van der Waals surface area contributed by atoms with Crippen LogP contribution in [0.25, 0.3) is 0 Å². The molecule has 0 unspecified atom stereocenters. The van der Waals surface area contributed by atoms with Gasteiger partial charge < -0.3 is 14.5 Å². The van der Waals surface area contributed by atoms with Crippen LogP contribution in [0.2, 0.25) is 0 Å². The highest BCUT2D eigenvalue weighted by molar-refractivity contribution is 7.09. The van der Waals surface area contributed by atoms with Crippen molar-refractivity contribution < 1.29 is 9.53 Å². The molecule has 0 radical (unpaired) electrons. The van der Waals surface area contributed by atoms with Crippen LogP contribution in [-0.2, 0) is 16.0 Å². The molecule has 0 spiro atoms. The highest BCUT2D eigenvalue weighted by atomic mass is 32.1. The van der Waals surface area contributed by atoms with Gasteiger partial charge in [-0.1, -0.05) is 24.3 Å². The van der Waals surface area contributed by atoms with E-state index in [1.54, 1.807) is 7.11 Å². The molecule has 1 amide bonds. The van der Waals surface area contributed by atoms with Gasteiger partial charge in [-0.25, -0.2) is 0 Å². The third kappa shape index (κ3) is 4.91. The molecule has 3 rings (SSSR count). The van der Waals surface area contributed by atoms with Crippen LogP contribution in [-0.4, -0.2) is 50.2 Å². The second-order valence-corrected chi connectivity index (χ2v) is 7.47. The second kappa shape index (κ2) is 9.13. The van der Waals surface area contributed by atoms with Crippen LogP contribution in [0.15, 0.2) is 47.8 Å². The van der Waals surface area contributed by atoms with Crippen molar-refractivity contribution in [2.24, 2.45) is 0 Å². The third-order valence-electron chi connectivity index (χ3n) is 4.75. The zero-order chi connectivity index (χ0) is 17.5. The quantitative estimate of drug-likeness (QED) is 0.760. The van der Waals surface area contributed by atoms with E-state index < -0.39 is 0 Å². The number of likely N-dealkylation sites (tertiary alicyclic amines) is 1. The summed E-state index contributed by atoms with van der Waals surface area (Å²) in [6.45, 7) is 3.32. The lowest BCUT2D eigenvalue weighted by Gasteiger charge is -2.38. The van der Waals surface area contributed by atoms with Gasteiger partial charge in [0.05, 0.1) is 0 Å². The van der Waals surface area contributed by atoms with Crippen molar-refractivity contribution in [1.82, 2.24) is 4.90 Å². The molecule has 0 aliphatic carbocycles. The predicted molar refractivity (Wildman–Crippen MR) is 103 cm³/mol. The summed E-state index contributed by atoms with van der Waals surface area (Å²) in [6, 6.07) is 14.5. The van der Waals surface area contributed by atoms with Gasteiger partial charge >= 0.3 is 0 Å². The molecule has 1 aliphatic heterocycles. The first-order chi connectivity index (χ1) is 12.3. The Bertz CT molecular complexity index is 637. The van der Waals surface area contributed by atoms with Crippen LogP contribution in [0.1, 0.15) is 17.7 Å². The minimum Gasteiger partial charge on any atom is -0.375 e. The highest BCUT2D eigenvalue weighted by Crippen LogP contribution is 2.24. The van der Waals surface area contributed by atoms with Crippen molar-refractivity contribution in [3.63, 3.8) is 0 Å². The summed E-state index contributed by atoms with van der Waals surface area (Å²) in [4.78, 5) is 18.5. The van der Waals surface area contributed by atoms with Gasteiger partial charge in [-0.3, -0.25) is 4.79 Å².